The maximum absolute atomic E-state index is 13.2. The number of methoxy groups -OCH3 is 1. The second-order valence-corrected chi connectivity index (χ2v) is 17.1. The number of aromatic nitrogens is 6. The molecule has 0 aliphatic carbocycles. The second-order valence-electron chi connectivity index (χ2n) is 11.5. The fraction of sp³-hybridized carbons (Fsp3) is 0.323. The van der Waals surface area contributed by atoms with E-state index in [1.807, 2.05) is 60.5 Å². The van der Waals surface area contributed by atoms with E-state index in [-0.39, 0.29) is 5.56 Å². The minimum absolute atomic E-state index is 0.141. The van der Waals surface area contributed by atoms with Gasteiger partial charge in [-0.05, 0) is 48.0 Å². The van der Waals surface area contributed by atoms with Gasteiger partial charge < -0.3 is 18.9 Å². The molecule has 0 unspecified atom stereocenters. The molecule has 0 radical (unpaired) electrons. The van der Waals surface area contributed by atoms with Gasteiger partial charge in [0.05, 0.1) is 19.3 Å². The molecule has 11 heteroatoms. The van der Waals surface area contributed by atoms with Gasteiger partial charge in [0.2, 0.25) is 5.95 Å². The van der Waals surface area contributed by atoms with Crippen molar-refractivity contribution in [3.05, 3.63) is 94.8 Å². The van der Waals surface area contributed by atoms with Crippen molar-refractivity contribution >= 4 is 25.1 Å². The molecule has 0 aliphatic rings. The molecule has 0 amide bonds. The summed E-state index contributed by atoms with van der Waals surface area (Å²) in [6, 6.07) is 18.2. The minimum Gasteiger partial charge on any atom is -0.497 e. The summed E-state index contributed by atoms with van der Waals surface area (Å²) in [4.78, 5) is 28.9. The average Bonchev–Trinajstić information content (AvgIpc) is 3.35. The summed E-state index contributed by atoms with van der Waals surface area (Å²) in [5.41, 5.74) is 3.89. The van der Waals surface area contributed by atoms with E-state index in [0.29, 0.717) is 38.1 Å². The molecular formula is C31H37N7O3Si. The Balaban J connectivity index is 1.31. The van der Waals surface area contributed by atoms with Gasteiger partial charge in [-0.1, -0.05) is 31.8 Å². The molecule has 5 aromatic rings. The number of anilines is 1. The van der Waals surface area contributed by atoms with Crippen LogP contribution in [-0.2, 0) is 24.6 Å². The first-order valence-corrected chi connectivity index (χ1v) is 17.7. The summed E-state index contributed by atoms with van der Waals surface area (Å²) in [6.07, 6.45) is 5.25. The summed E-state index contributed by atoms with van der Waals surface area (Å²) in [6.45, 7) is 8.96. The SMILES string of the molecule is COc1ccc(CN(C)c2nccc(Cn3ccc(-c4nn(COCC[Si](C)(C)C)c5ncccc45)cc3=O)n2)cc1. The molecule has 0 N–H and O–H groups in total. The van der Waals surface area contributed by atoms with Gasteiger partial charge in [0.15, 0.2) is 5.65 Å². The van der Waals surface area contributed by atoms with Crippen molar-refractivity contribution in [2.45, 2.75) is 45.5 Å². The lowest BCUT2D eigenvalue weighted by atomic mass is 10.1. The van der Waals surface area contributed by atoms with Crippen molar-refractivity contribution in [1.82, 2.24) is 29.3 Å². The molecule has 218 valence electrons. The highest BCUT2D eigenvalue weighted by molar-refractivity contribution is 6.76. The van der Waals surface area contributed by atoms with Gasteiger partial charge in [-0.2, -0.15) is 5.10 Å². The van der Waals surface area contributed by atoms with Crippen LogP contribution in [0.5, 0.6) is 5.75 Å². The third-order valence-electron chi connectivity index (χ3n) is 6.94. The number of pyridine rings is 2. The lowest BCUT2D eigenvalue weighted by Gasteiger charge is -2.18. The molecule has 4 heterocycles. The molecular weight excluding hydrogens is 546 g/mol. The number of benzene rings is 1. The van der Waals surface area contributed by atoms with Crippen molar-refractivity contribution < 1.29 is 9.47 Å². The van der Waals surface area contributed by atoms with Gasteiger partial charge in [-0.3, -0.25) is 4.79 Å². The topological polar surface area (TPSA) is 100 Å². The number of nitrogens with zero attached hydrogens (tertiary/aromatic N) is 7. The van der Waals surface area contributed by atoms with Crippen LogP contribution in [0.25, 0.3) is 22.3 Å². The molecule has 0 fully saturated rings. The first-order valence-electron chi connectivity index (χ1n) is 14.0. The molecule has 4 aromatic heterocycles. The average molecular weight is 584 g/mol. The molecule has 10 nitrogen and oxygen atoms in total. The zero-order valence-corrected chi connectivity index (χ0v) is 25.8. The Kier molecular flexibility index (Phi) is 8.79. The largest absolute Gasteiger partial charge is 0.497 e. The zero-order chi connectivity index (χ0) is 29.7. The number of ether oxygens (including phenoxy) is 2. The Morgan fingerprint density at radius 1 is 1.00 bits per heavy atom. The van der Waals surface area contributed by atoms with Crippen LogP contribution in [-0.4, -0.2) is 58.1 Å². The summed E-state index contributed by atoms with van der Waals surface area (Å²) >= 11 is 0. The van der Waals surface area contributed by atoms with Gasteiger partial charge in [0.1, 0.15) is 18.2 Å². The smallest absolute Gasteiger partial charge is 0.251 e. The van der Waals surface area contributed by atoms with E-state index in [4.69, 9.17) is 19.6 Å². The van der Waals surface area contributed by atoms with E-state index in [2.05, 4.69) is 29.6 Å². The highest BCUT2D eigenvalue weighted by atomic mass is 28.3. The molecule has 0 bridgehead atoms. The highest BCUT2D eigenvalue weighted by Gasteiger charge is 2.16. The van der Waals surface area contributed by atoms with Crippen LogP contribution in [0.15, 0.2) is 78.0 Å². The normalized spacial score (nSPS) is 11.6. The fourth-order valence-electron chi connectivity index (χ4n) is 4.53. The van der Waals surface area contributed by atoms with E-state index in [9.17, 15) is 4.79 Å². The Labute approximate surface area is 246 Å². The Morgan fingerprint density at radius 2 is 1.81 bits per heavy atom. The Morgan fingerprint density at radius 3 is 2.55 bits per heavy atom. The standard InChI is InChI=1S/C31H37N7O3Si/c1-36(20-23-8-10-26(40-2)11-9-23)31-33-15-12-25(34-31)21-37-16-13-24(19-28(37)39)29-27-7-6-14-32-30(27)38(35-29)22-41-17-18-42(3,4)5/h6-16,19H,17-18,20-22H2,1-5H3. The van der Waals surface area contributed by atoms with Crippen LogP contribution in [0.3, 0.4) is 0 Å². The van der Waals surface area contributed by atoms with E-state index in [0.717, 1.165) is 39.6 Å². The molecule has 5 rings (SSSR count). The van der Waals surface area contributed by atoms with E-state index in [1.165, 1.54) is 0 Å². The summed E-state index contributed by atoms with van der Waals surface area (Å²) in [5.74, 6) is 1.40. The molecule has 0 spiro atoms. The summed E-state index contributed by atoms with van der Waals surface area (Å²) in [5, 5.41) is 5.66. The zero-order valence-electron chi connectivity index (χ0n) is 24.8. The molecule has 1 aromatic carbocycles. The van der Waals surface area contributed by atoms with Crippen LogP contribution < -0.4 is 15.2 Å². The monoisotopic (exact) mass is 583 g/mol. The number of rotatable bonds is 12. The van der Waals surface area contributed by atoms with Gasteiger partial charge in [-0.15, -0.1) is 0 Å². The van der Waals surface area contributed by atoms with Crippen LogP contribution in [0.1, 0.15) is 11.3 Å². The van der Waals surface area contributed by atoms with Crippen molar-refractivity contribution in [2.75, 3.05) is 25.7 Å². The van der Waals surface area contributed by atoms with Gasteiger partial charge in [-0.25, -0.2) is 19.6 Å². The number of fused-ring (bicyclic) bond motifs is 1. The van der Waals surface area contributed by atoms with E-state index >= 15 is 0 Å². The highest BCUT2D eigenvalue weighted by Crippen LogP contribution is 2.26. The molecule has 42 heavy (non-hydrogen) atoms. The van der Waals surface area contributed by atoms with Crippen LogP contribution in [0, 0.1) is 0 Å². The first-order chi connectivity index (χ1) is 20.2. The maximum Gasteiger partial charge on any atom is 0.251 e. The Bertz CT molecular complexity index is 1710. The lowest BCUT2D eigenvalue weighted by molar-refractivity contribution is 0.0814. The van der Waals surface area contributed by atoms with Gasteiger partial charge in [0.25, 0.3) is 5.56 Å². The third kappa shape index (κ3) is 7.10. The molecule has 0 atom stereocenters. The summed E-state index contributed by atoms with van der Waals surface area (Å²) in [7, 11) is 2.41. The Hall–Kier alpha value is -4.35. The first kappa shape index (κ1) is 29.1. The second kappa shape index (κ2) is 12.7. The predicted molar refractivity (Wildman–Crippen MR) is 168 cm³/mol. The van der Waals surface area contributed by atoms with Crippen LogP contribution in [0.4, 0.5) is 5.95 Å². The summed E-state index contributed by atoms with van der Waals surface area (Å²) < 4.78 is 14.6. The fourth-order valence-corrected chi connectivity index (χ4v) is 5.29. The van der Waals surface area contributed by atoms with Crippen LogP contribution in [0.2, 0.25) is 25.7 Å². The predicted octanol–water partition coefficient (Wildman–Crippen LogP) is 5.06. The van der Waals surface area contributed by atoms with E-state index < -0.39 is 8.07 Å². The number of hydrogen-bond donors (Lipinski definition) is 0. The van der Waals surface area contributed by atoms with Crippen molar-refractivity contribution in [3.8, 4) is 17.0 Å². The molecule has 0 aliphatic heterocycles. The van der Waals surface area contributed by atoms with Crippen molar-refractivity contribution in [2.24, 2.45) is 0 Å². The number of hydrogen-bond acceptors (Lipinski definition) is 8. The minimum atomic E-state index is -1.19. The van der Waals surface area contributed by atoms with Gasteiger partial charge in [0, 0.05) is 63.9 Å². The van der Waals surface area contributed by atoms with Crippen LogP contribution >= 0.6 is 0 Å². The maximum atomic E-state index is 13.2. The van der Waals surface area contributed by atoms with Gasteiger partial charge >= 0.3 is 0 Å². The molecule has 0 saturated heterocycles. The van der Waals surface area contributed by atoms with Crippen molar-refractivity contribution in [3.63, 3.8) is 0 Å². The quantitative estimate of drug-likeness (QED) is 0.149. The van der Waals surface area contributed by atoms with E-state index in [1.54, 1.807) is 41.0 Å². The van der Waals surface area contributed by atoms with Crippen molar-refractivity contribution in [1.29, 1.82) is 0 Å². The molecule has 0 saturated carbocycles. The third-order valence-corrected chi connectivity index (χ3v) is 8.64. The lowest BCUT2D eigenvalue weighted by Crippen LogP contribution is -2.22.